The smallest absolute Gasteiger partial charge is 0.270 e. The molecule has 172 valence electrons. The van der Waals surface area contributed by atoms with Gasteiger partial charge in [-0.1, -0.05) is 59.8 Å². The zero-order valence-electron chi connectivity index (χ0n) is 18.0. The monoisotopic (exact) mass is 510 g/mol. The lowest BCUT2D eigenvalue weighted by molar-refractivity contribution is -0.118. The van der Waals surface area contributed by atoms with Gasteiger partial charge >= 0.3 is 0 Å². The van der Waals surface area contributed by atoms with Crippen LogP contribution in [0.2, 0.25) is 5.02 Å². The van der Waals surface area contributed by atoms with E-state index in [1.54, 1.807) is 48.5 Å². The van der Waals surface area contributed by atoms with E-state index in [-0.39, 0.29) is 18.4 Å². The first-order valence-electron chi connectivity index (χ1n) is 10.1. The Bertz CT molecular complexity index is 1260. The molecule has 0 bridgehead atoms. The van der Waals surface area contributed by atoms with E-state index in [4.69, 9.17) is 33.3 Å². The minimum atomic E-state index is -0.321. The number of halogens is 1. The summed E-state index contributed by atoms with van der Waals surface area (Å²) >= 11 is 12.5. The summed E-state index contributed by atoms with van der Waals surface area (Å²) < 4.78 is 11.5. The van der Waals surface area contributed by atoms with Gasteiger partial charge in [0.15, 0.2) is 22.4 Å². The molecule has 0 spiro atoms. The van der Waals surface area contributed by atoms with Crippen LogP contribution < -0.4 is 19.7 Å². The second kappa shape index (κ2) is 10.7. The van der Waals surface area contributed by atoms with Crippen LogP contribution >= 0.6 is 35.6 Å². The fraction of sp³-hybridized carbons (Fsp3) is 0.0800. The van der Waals surface area contributed by atoms with Crippen LogP contribution in [0.3, 0.4) is 0 Å². The number of ether oxygens (including phenoxy) is 2. The van der Waals surface area contributed by atoms with Crippen molar-refractivity contribution in [1.82, 2.24) is 0 Å². The molecule has 4 rings (SSSR count). The Hall–Kier alpha value is -3.33. The van der Waals surface area contributed by atoms with E-state index in [2.05, 4.69) is 5.32 Å². The molecule has 1 N–H and O–H groups in total. The first-order valence-corrected chi connectivity index (χ1v) is 11.7. The van der Waals surface area contributed by atoms with E-state index in [1.165, 1.54) is 23.8 Å². The van der Waals surface area contributed by atoms with Crippen LogP contribution in [0.1, 0.15) is 5.56 Å². The van der Waals surface area contributed by atoms with Crippen LogP contribution in [0.15, 0.2) is 77.7 Å². The Morgan fingerprint density at radius 1 is 1.09 bits per heavy atom. The average molecular weight is 511 g/mol. The molecule has 0 aliphatic carbocycles. The molecule has 0 unspecified atom stereocenters. The summed E-state index contributed by atoms with van der Waals surface area (Å²) in [6.07, 6.45) is 1.75. The molecule has 1 aliphatic heterocycles. The van der Waals surface area contributed by atoms with Crippen molar-refractivity contribution in [2.24, 2.45) is 0 Å². The fourth-order valence-corrected chi connectivity index (χ4v) is 4.61. The molecule has 9 heteroatoms. The van der Waals surface area contributed by atoms with Gasteiger partial charge in [-0.2, -0.15) is 0 Å². The number of methoxy groups -OCH3 is 1. The summed E-state index contributed by atoms with van der Waals surface area (Å²) in [6, 6.07) is 21.3. The quantitative estimate of drug-likeness (QED) is 0.321. The van der Waals surface area contributed by atoms with Gasteiger partial charge in [-0.3, -0.25) is 14.5 Å². The molecule has 0 atom stereocenters. The minimum absolute atomic E-state index is 0.181. The van der Waals surface area contributed by atoms with E-state index < -0.39 is 0 Å². The van der Waals surface area contributed by atoms with Crippen molar-refractivity contribution >= 4 is 69.2 Å². The van der Waals surface area contributed by atoms with Gasteiger partial charge in [0.05, 0.1) is 17.7 Å². The van der Waals surface area contributed by atoms with E-state index >= 15 is 0 Å². The second-order valence-corrected chi connectivity index (χ2v) is 9.22. The lowest BCUT2D eigenvalue weighted by Crippen LogP contribution is -2.27. The summed E-state index contributed by atoms with van der Waals surface area (Å²) in [5, 5.41) is 3.32. The van der Waals surface area contributed by atoms with Gasteiger partial charge in [0.2, 0.25) is 0 Å². The van der Waals surface area contributed by atoms with Crippen LogP contribution in [-0.2, 0) is 9.59 Å². The number of benzene rings is 3. The van der Waals surface area contributed by atoms with Crippen molar-refractivity contribution in [1.29, 1.82) is 0 Å². The Balaban J connectivity index is 1.44. The third-order valence-electron chi connectivity index (χ3n) is 4.78. The predicted molar refractivity (Wildman–Crippen MR) is 141 cm³/mol. The number of thioether (sulfide) groups is 1. The zero-order chi connectivity index (χ0) is 24.1. The highest BCUT2D eigenvalue weighted by Gasteiger charge is 2.33. The molecular weight excluding hydrogens is 492 g/mol. The Morgan fingerprint density at radius 2 is 1.82 bits per heavy atom. The molecule has 1 saturated heterocycles. The number of para-hydroxylation sites is 1. The second-order valence-electron chi connectivity index (χ2n) is 7.11. The molecule has 0 saturated carbocycles. The third-order valence-corrected chi connectivity index (χ3v) is 6.33. The number of hydrogen-bond donors (Lipinski definition) is 1. The van der Waals surface area contributed by atoms with Crippen molar-refractivity contribution in [2.75, 3.05) is 23.9 Å². The number of nitrogens with zero attached hydrogens (tertiary/aromatic N) is 1. The summed E-state index contributed by atoms with van der Waals surface area (Å²) in [7, 11) is 1.51. The van der Waals surface area contributed by atoms with E-state index in [0.29, 0.717) is 31.4 Å². The molecule has 6 nitrogen and oxygen atoms in total. The maximum atomic E-state index is 12.9. The van der Waals surface area contributed by atoms with Crippen molar-refractivity contribution in [3.8, 4) is 11.5 Å². The molecule has 1 aliphatic rings. The zero-order valence-corrected chi connectivity index (χ0v) is 20.4. The molecule has 1 heterocycles. The number of thiocarbonyl (C=S) groups is 1. The first-order chi connectivity index (χ1) is 16.4. The van der Waals surface area contributed by atoms with Gasteiger partial charge in [0, 0.05) is 10.7 Å². The highest BCUT2D eigenvalue weighted by molar-refractivity contribution is 8.27. The van der Waals surface area contributed by atoms with Crippen molar-refractivity contribution in [3.63, 3.8) is 0 Å². The van der Waals surface area contributed by atoms with Crippen LogP contribution in [0.25, 0.3) is 6.08 Å². The number of carbonyl (C=O) groups is 2. The van der Waals surface area contributed by atoms with Crippen LogP contribution in [0, 0.1) is 0 Å². The highest BCUT2D eigenvalue weighted by Crippen LogP contribution is 2.37. The summed E-state index contributed by atoms with van der Waals surface area (Å²) in [4.78, 5) is 27.2. The van der Waals surface area contributed by atoms with Gasteiger partial charge < -0.3 is 14.8 Å². The fourth-order valence-electron chi connectivity index (χ4n) is 3.19. The third kappa shape index (κ3) is 5.59. The molecule has 1 fully saturated rings. The number of amides is 2. The SMILES string of the molecule is COc1cc(/C=C2\SC(=S)N(c3ccccc3)C2=O)ccc1OCC(=O)Nc1ccc(Cl)cc1. The van der Waals surface area contributed by atoms with Gasteiger partial charge in [0.1, 0.15) is 0 Å². The molecule has 3 aromatic carbocycles. The van der Waals surface area contributed by atoms with Crippen LogP contribution in [0.5, 0.6) is 11.5 Å². The van der Waals surface area contributed by atoms with E-state index in [1.807, 2.05) is 30.3 Å². The lowest BCUT2D eigenvalue weighted by atomic mass is 10.2. The molecule has 3 aromatic rings. The van der Waals surface area contributed by atoms with Gasteiger partial charge in [-0.15, -0.1) is 0 Å². The number of carbonyl (C=O) groups excluding carboxylic acids is 2. The average Bonchev–Trinajstić information content (AvgIpc) is 3.12. The standard InChI is InChI=1S/C25H19ClN2O4S2/c1-31-21-13-16(14-22-24(30)28(25(33)34-22)19-5-3-2-4-6-19)7-12-20(21)32-15-23(29)27-18-10-8-17(26)9-11-18/h2-14H,15H2,1H3,(H,27,29)/b22-14-. The largest absolute Gasteiger partial charge is 0.493 e. The van der Waals surface area contributed by atoms with Gasteiger partial charge in [-0.25, -0.2) is 0 Å². The van der Waals surface area contributed by atoms with Gasteiger partial charge in [0.25, 0.3) is 11.8 Å². The predicted octanol–water partition coefficient (Wildman–Crippen LogP) is 5.77. The maximum Gasteiger partial charge on any atom is 0.270 e. The van der Waals surface area contributed by atoms with Crippen molar-refractivity contribution < 1.29 is 19.1 Å². The number of hydrogen-bond acceptors (Lipinski definition) is 6. The van der Waals surface area contributed by atoms with Crippen LogP contribution in [0.4, 0.5) is 11.4 Å². The highest BCUT2D eigenvalue weighted by atomic mass is 35.5. The van der Waals surface area contributed by atoms with E-state index in [9.17, 15) is 9.59 Å². The molecule has 34 heavy (non-hydrogen) atoms. The van der Waals surface area contributed by atoms with E-state index in [0.717, 1.165) is 11.3 Å². The Labute approximate surface area is 211 Å². The number of anilines is 2. The summed E-state index contributed by atoms with van der Waals surface area (Å²) in [6.45, 7) is -0.200. The van der Waals surface area contributed by atoms with Crippen molar-refractivity contribution in [2.45, 2.75) is 0 Å². The number of rotatable bonds is 7. The van der Waals surface area contributed by atoms with Gasteiger partial charge in [-0.05, 0) is 60.2 Å². The molecule has 0 radical (unpaired) electrons. The lowest BCUT2D eigenvalue weighted by Gasteiger charge is -2.14. The minimum Gasteiger partial charge on any atom is -0.493 e. The molecule has 2 amide bonds. The summed E-state index contributed by atoms with van der Waals surface area (Å²) in [5.41, 5.74) is 2.09. The summed E-state index contributed by atoms with van der Waals surface area (Å²) in [5.74, 6) is 0.340. The Kier molecular flexibility index (Phi) is 7.52. The normalized spacial score (nSPS) is 14.4. The Morgan fingerprint density at radius 3 is 2.53 bits per heavy atom. The van der Waals surface area contributed by atoms with Crippen LogP contribution in [-0.4, -0.2) is 29.9 Å². The maximum absolute atomic E-state index is 12.9. The molecular formula is C25H19ClN2O4S2. The first kappa shape index (κ1) is 23.8. The molecule has 0 aromatic heterocycles. The topological polar surface area (TPSA) is 67.9 Å². The number of nitrogens with one attached hydrogen (secondary N) is 1. The van der Waals surface area contributed by atoms with Crippen molar-refractivity contribution in [3.05, 3.63) is 88.3 Å².